The van der Waals surface area contributed by atoms with Crippen LogP contribution in [0.2, 0.25) is 0 Å². The Morgan fingerprint density at radius 1 is 0.600 bits per heavy atom. The maximum Gasteiger partial charge on any atom is 0.333 e. The average molecular weight is 1290 g/mol. The van der Waals surface area contributed by atoms with E-state index in [2.05, 4.69) is 19.0 Å². The van der Waals surface area contributed by atoms with Crippen molar-refractivity contribution in [3.8, 4) is 0 Å². The van der Waals surface area contributed by atoms with E-state index in [4.69, 9.17) is 36.6 Å². The summed E-state index contributed by atoms with van der Waals surface area (Å²) >= 11 is 0. The fourth-order valence-electron chi connectivity index (χ4n) is 5.70. The number of rotatable bonds is 27. The van der Waals surface area contributed by atoms with Gasteiger partial charge in [0.2, 0.25) is 5.91 Å². The van der Waals surface area contributed by atoms with Crippen LogP contribution >= 0.6 is 0 Å². The maximum atomic E-state index is 12.8. The van der Waals surface area contributed by atoms with Crippen LogP contribution in [-0.2, 0) is 100 Å². The van der Waals surface area contributed by atoms with Gasteiger partial charge in [-0.2, -0.15) is 33.7 Å². The Bertz CT molecular complexity index is 3100. The van der Waals surface area contributed by atoms with Gasteiger partial charge in [-0.3, -0.25) is 26.3 Å². The van der Waals surface area contributed by atoms with Crippen molar-refractivity contribution >= 4 is 58.3 Å². The van der Waals surface area contributed by atoms with Gasteiger partial charge >= 0.3 is 11.9 Å². The maximum absolute atomic E-state index is 12.8. The quantitative estimate of drug-likeness (QED) is 0.0190. The van der Waals surface area contributed by atoms with Gasteiger partial charge in [0.25, 0.3) is 40.5 Å². The zero-order valence-electron chi connectivity index (χ0n) is 47.3. The lowest BCUT2D eigenvalue weighted by Crippen LogP contribution is -2.30. The van der Waals surface area contributed by atoms with Crippen LogP contribution in [-0.4, -0.2) is 181 Å². The van der Waals surface area contributed by atoms with E-state index in [1.807, 2.05) is 27.7 Å². The molecule has 0 aliphatic carbocycles. The molecule has 0 spiro atoms. The molecule has 4 aromatic rings. The lowest BCUT2D eigenvalue weighted by Gasteiger charge is -2.14. The number of ether oxygens (including phenoxy) is 6. The summed E-state index contributed by atoms with van der Waals surface area (Å²) in [5.41, 5.74) is 3.74. The molecule has 2 aliphatic heterocycles. The number of nitrogens with one attached hydrogen (secondary N) is 1. The number of methoxy groups -OCH3 is 2. The number of aryl methyl sites for hydroxylation is 4. The zero-order valence-corrected chi connectivity index (χ0v) is 50.6. The third kappa shape index (κ3) is 31.3. The number of hydrogen-bond acceptors (Lipinski definition) is 22. The van der Waals surface area contributed by atoms with E-state index in [1.165, 1.54) is 50.6 Å². The Balaban J connectivity index is 0.000000370. The summed E-state index contributed by atoms with van der Waals surface area (Å²) in [6, 6.07) is 24.7. The van der Waals surface area contributed by atoms with Gasteiger partial charge in [-0.25, -0.2) is 22.4 Å². The van der Waals surface area contributed by atoms with E-state index in [1.54, 1.807) is 60.7 Å². The van der Waals surface area contributed by atoms with Crippen LogP contribution in [0.4, 0.5) is 17.6 Å². The number of carbonyl (C=O) groups excluding carboxylic acids is 3. The predicted octanol–water partition coefficient (Wildman–Crippen LogP) is 5.35. The van der Waals surface area contributed by atoms with Crippen molar-refractivity contribution in [2.24, 2.45) is 0 Å². The highest BCUT2D eigenvalue weighted by molar-refractivity contribution is 7.87. The van der Waals surface area contributed by atoms with Crippen LogP contribution in [0.3, 0.4) is 0 Å². The average Bonchev–Trinajstić information content (AvgIpc) is 4.47. The summed E-state index contributed by atoms with van der Waals surface area (Å²) in [6.07, 6.45) is -1.95. The molecule has 2 fully saturated rings. The fraction of sp³-hybridized carbons (Fsp3) is 0.463. The molecule has 0 radical (unpaired) electrons. The Morgan fingerprint density at radius 2 is 1.01 bits per heavy atom. The highest BCUT2D eigenvalue weighted by Gasteiger charge is 2.27. The van der Waals surface area contributed by atoms with Crippen LogP contribution in [0.5, 0.6) is 0 Å². The number of aliphatic hydroxyl groups is 1. The second kappa shape index (κ2) is 38.9. The second-order valence-corrected chi connectivity index (χ2v) is 24.3. The number of alkyl halides is 4. The molecule has 0 unspecified atom stereocenters. The van der Waals surface area contributed by atoms with Crippen LogP contribution in [0.1, 0.15) is 35.1 Å². The second-order valence-electron chi connectivity index (χ2n) is 17.9. The smallest absolute Gasteiger partial charge is 0.333 e. The monoisotopic (exact) mass is 1290 g/mol. The molecule has 2 N–H and O–H groups in total. The first kappa shape index (κ1) is 75.1. The van der Waals surface area contributed by atoms with Gasteiger partial charge in [0.05, 0.1) is 92.2 Å². The van der Waals surface area contributed by atoms with E-state index in [-0.39, 0.29) is 51.2 Å². The number of aliphatic hydroxyl groups excluding tert-OH is 1. The first-order chi connectivity index (χ1) is 40.1. The predicted molar refractivity (Wildman–Crippen MR) is 297 cm³/mol. The molecule has 6 rings (SSSR count). The number of carbonyl (C=O) groups is 3. The van der Waals surface area contributed by atoms with Gasteiger partial charge in [0, 0.05) is 13.0 Å². The van der Waals surface area contributed by atoms with Crippen molar-refractivity contribution in [2.45, 2.75) is 90.6 Å². The molecule has 2 heterocycles. The Morgan fingerprint density at radius 3 is 1.39 bits per heavy atom. The Labute approximate surface area is 493 Å². The van der Waals surface area contributed by atoms with Crippen molar-refractivity contribution in [1.82, 2.24) is 5.32 Å². The molecule has 23 nitrogen and oxygen atoms in total. The molecule has 31 heteroatoms. The molecule has 0 saturated carbocycles. The van der Waals surface area contributed by atoms with Crippen molar-refractivity contribution in [3.05, 3.63) is 132 Å². The van der Waals surface area contributed by atoms with E-state index >= 15 is 0 Å². The SMILES string of the molecule is COC(=O)/C=C/O[C@H](CF)COS(=O)(=O)c1ccc(C)cc1.COC(=O)CCO[C@H](CF)COS(=O)(=O)c1ccc(C)cc1.Cc1ccc(S(=O)(=O)OC[C@H](O)CF)cc1.Cc1ccc(S(=O)(=O)OC[C@H]2CO2)cc1.O=C1CCO[C@H](CF)CN1. The number of amides is 1. The van der Waals surface area contributed by atoms with E-state index in [0.29, 0.717) is 26.2 Å². The topological polar surface area (TPSA) is 316 Å². The third-order valence-electron chi connectivity index (χ3n) is 10.8. The van der Waals surface area contributed by atoms with E-state index in [0.717, 1.165) is 34.6 Å². The number of halogens is 4. The lowest BCUT2D eigenvalue weighted by molar-refractivity contribution is -0.142. The van der Waals surface area contributed by atoms with Gasteiger partial charge < -0.3 is 38.8 Å². The molecule has 2 saturated heterocycles. The minimum atomic E-state index is -3.99. The zero-order chi connectivity index (χ0) is 63.6. The fourth-order valence-corrected chi connectivity index (χ4v) is 9.45. The minimum absolute atomic E-state index is 0.00901. The third-order valence-corrected chi connectivity index (χ3v) is 15.9. The molecule has 1 amide bonds. The van der Waals surface area contributed by atoms with E-state index in [9.17, 15) is 65.6 Å². The molecule has 5 atom stereocenters. The number of esters is 2. The molecule has 0 bridgehead atoms. The van der Waals surface area contributed by atoms with Gasteiger partial charge in [-0.05, 0) is 76.2 Å². The van der Waals surface area contributed by atoms with Crippen LogP contribution in [0.15, 0.2) is 129 Å². The Kier molecular flexibility index (Phi) is 34.4. The van der Waals surface area contributed by atoms with E-state index < -0.39 is 123 Å². The molecular formula is C54H71F4NO22S4. The summed E-state index contributed by atoms with van der Waals surface area (Å²) in [5.74, 6) is -1.23. The molecule has 2 aliphatic rings. The van der Waals surface area contributed by atoms with Crippen molar-refractivity contribution in [3.63, 3.8) is 0 Å². The Hall–Kier alpha value is -5.97. The number of hydrogen-bond donors (Lipinski definition) is 2. The first-order valence-electron chi connectivity index (χ1n) is 25.5. The molecule has 476 valence electrons. The van der Waals surface area contributed by atoms with Crippen molar-refractivity contribution in [2.75, 3.05) is 93.7 Å². The van der Waals surface area contributed by atoms with Crippen molar-refractivity contribution < 1.29 is 116 Å². The van der Waals surface area contributed by atoms with Crippen molar-refractivity contribution in [1.29, 1.82) is 0 Å². The lowest BCUT2D eigenvalue weighted by atomic mass is 10.2. The first-order valence-corrected chi connectivity index (χ1v) is 31.1. The number of benzene rings is 4. The molecule has 4 aromatic carbocycles. The standard InChI is InChI=1S/C14H19FO6S.C14H17FO6S.C10H13FO4S.C10H12O4S.C6H10FNO2/c2*1-11-3-5-13(6-4-11)22(17,18)21-10-12(9-15)20-8-7-14(16)19-2;1-8-2-4-10(5-3-8)16(13,14)15-7-9(12)6-11;1-8-2-4-10(5-3-8)15(11,12)14-7-9-6-13-9;7-3-5-4-8-6(9)1-2-10-5/h3-6,12H,7-10H2,1-2H3;3-8,12H,9-10H2,1-2H3;2-5,9,12H,6-7H2,1H3;2-5,9H,6-7H2,1H3;5H,1-4H2,(H,8,9)/b;8-7+;;;/t2*12-;2*9-;5-/m11111/s1. The number of epoxide rings is 1. The van der Waals surface area contributed by atoms with Gasteiger partial charge in [-0.15, -0.1) is 0 Å². The normalized spacial score (nSPS) is 16.1. The molecule has 85 heavy (non-hydrogen) atoms. The summed E-state index contributed by atoms with van der Waals surface area (Å²) < 4.78 is 191. The largest absolute Gasteiger partial charge is 0.493 e. The van der Waals surface area contributed by atoms with Crippen LogP contribution in [0, 0.1) is 27.7 Å². The molecular weight excluding hydrogens is 1220 g/mol. The summed E-state index contributed by atoms with van der Waals surface area (Å²) in [5, 5.41) is 11.4. The summed E-state index contributed by atoms with van der Waals surface area (Å²) in [6.45, 7) is 3.59. The highest BCUT2D eigenvalue weighted by atomic mass is 32.2. The van der Waals surface area contributed by atoms with Gasteiger partial charge in [0.1, 0.15) is 57.7 Å². The van der Waals surface area contributed by atoms with Gasteiger partial charge in [-0.1, -0.05) is 70.8 Å². The summed E-state index contributed by atoms with van der Waals surface area (Å²) in [4.78, 5) is 32.5. The minimum Gasteiger partial charge on any atom is -0.493 e. The van der Waals surface area contributed by atoms with Crippen LogP contribution < -0.4 is 5.32 Å². The molecule has 0 aromatic heterocycles. The summed E-state index contributed by atoms with van der Waals surface area (Å²) in [7, 11) is -13.1. The van der Waals surface area contributed by atoms with Crippen LogP contribution in [0.25, 0.3) is 0 Å². The van der Waals surface area contributed by atoms with Gasteiger partial charge in [0.15, 0.2) is 6.10 Å². The highest BCUT2D eigenvalue weighted by Crippen LogP contribution is 2.19.